The minimum Gasteiger partial charge on any atom is -0.333 e. The average molecular weight is 207 g/mol. The van der Waals surface area contributed by atoms with Gasteiger partial charge in [0.05, 0.1) is 5.56 Å². The van der Waals surface area contributed by atoms with Crippen molar-refractivity contribution in [3.8, 4) is 0 Å². The van der Waals surface area contributed by atoms with Crippen molar-refractivity contribution in [2.24, 2.45) is 5.73 Å². The van der Waals surface area contributed by atoms with Crippen LogP contribution in [0.1, 0.15) is 19.4 Å². The standard InChI is InChI=1S/C7H5F3.C2H6.CH5N/c8-7(9,10)6-4-2-1-3-5-6;2*1-2/h1-5H;1-2H3;2H2,1H3. The van der Waals surface area contributed by atoms with E-state index in [1.54, 1.807) is 6.07 Å². The normalized spacial score (nSPS) is 9.07. The van der Waals surface area contributed by atoms with Gasteiger partial charge in [0, 0.05) is 0 Å². The van der Waals surface area contributed by atoms with E-state index in [4.69, 9.17) is 0 Å². The first kappa shape index (κ1) is 15.4. The Morgan fingerprint density at radius 3 is 1.50 bits per heavy atom. The predicted octanol–water partition coefficient (Wildman–Crippen LogP) is 3.31. The summed E-state index contributed by atoms with van der Waals surface area (Å²) < 4.78 is 35.4. The highest BCUT2D eigenvalue weighted by Gasteiger charge is 2.29. The fourth-order valence-electron chi connectivity index (χ4n) is 0.627. The molecule has 0 aliphatic rings. The molecular formula is C10H16F3N. The molecule has 1 nitrogen and oxygen atoms in total. The van der Waals surface area contributed by atoms with E-state index < -0.39 is 11.7 Å². The second-order valence-electron chi connectivity index (χ2n) is 1.86. The number of rotatable bonds is 0. The highest BCUT2D eigenvalue weighted by Crippen LogP contribution is 2.28. The first-order valence-corrected chi connectivity index (χ1v) is 4.30. The molecule has 0 heterocycles. The molecule has 0 saturated heterocycles. The van der Waals surface area contributed by atoms with E-state index in [9.17, 15) is 13.2 Å². The highest BCUT2D eigenvalue weighted by molar-refractivity contribution is 5.17. The number of hydrogen-bond acceptors (Lipinski definition) is 1. The Labute approximate surface area is 82.7 Å². The van der Waals surface area contributed by atoms with Crippen LogP contribution < -0.4 is 5.73 Å². The van der Waals surface area contributed by atoms with Gasteiger partial charge in [-0.1, -0.05) is 44.2 Å². The Bertz CT molecular complexity index is 206. The molecule has 0 fully saturated rings. The second kappa shape index (κ2) is 8.56. The quantitative estimate of drug-likeness (QED) is 0.694. The number of benzene rings is 1. The minimum atomic E-state index is -4.21. The Morgan fingerprint density at radius 2 is 1.29 bits per heavy atom. The molecule has 1 rings (SSSR count). The van der Waals surface area contributed by atoms with Crippen LogP contribution in [0.2, 0.25) is 0 Å². The van der Waals surface area contributed by atoms with Crippen molar-refractivity contribution in [3.05, 3.63) is 35.9 Å². The van der Waals surface area contributed by atoms with E-state index >= 15 is 0 Å². The lowest BCUT2D eigenvalue weighted by molar-refractivity contribution is -0.137. The molecule has 14 heavy (non-hydrogen) atoms. The fourth-order valence-corrected chi connectivity index (χ4v) is 0.627. The van der Waals surface area contributed by atoms with Gasteiger partial charge in [-0.05, 0) is 7.05 Å². The van der Waals surface area contributed by atoms with Crippen molar-refractivity contribution < 1.29 is 13.2 Å². The van der Waals surface area contributed by atoms with Crippen LogP contribution in [0.25, 0.3) is 0 Å². The van der Waals surface area contributed by atoms with Gasteiger partial charge in [-0.25, -0.2) is 0 Å². The summed E-state index contributed by atoms with van der Waals surface area (Å²) in [6.45, 7) is 4.00. The van der Waals surface area contributed by atoms with E-state index in [1.807, 2.05) is 13.8 Å². The summed E-state index contributed by atoms with van der Waals surface area (Å²) in [5, 5.41) is 0. The van der Waals surface area contributed by atoms with Crippen LogP contribution in [0.4, 0.5) is 13.2 Å². The summed E-state index contributed by atoms with van der Waals surface area (Å²) in [5.41, 5.74) is 3.90. The molecule has 82 valence electrons. The van der Waals surface area contributed by atoms with E-state index in [1.165, 1.54) is 19.2 Å². The topological polar surface area (TPSA) is 26.0 Å². The molecule has 1 aromatic rings. The fraction of sp³-hybridized carbons (Fsp3) is 0.400. The van der Waals surface area contributed by atoms with Crippen molar-refractivity contribution in [1.29, 1.82) is 0 Å². The van der Waals surface area contributed by atoms with Crippen LogP contribution >= 0.6 is 0 Å². The van der Waals surface area contributed by atoms with Crippen LogP contribution in [0.3, 0.4) is 0 Å². The Morgan fingerprint density at radius 1 is 0.929 bits per heavy atom. The highest BCUT2D eigenvalue weighted by atomic mass is 19.4. The number of hydrogen-bond donors (Lipinski definition) is 1. The lowest BCUT2D eigenvalue weighted by Gasteiger charge is -2.03. The van der Waals surface area contributed by atoms with E-state index in [2.05, 4.69) is 5.73 Å². The third kappa shape index (κ3) is 6.48. The lowest BCUT2D eigenvalue weighted by Crippen LogP contribution is -2.03. The maximum atomic E-state index is 11.8. The minimum absolute atomic E-state index is 0.602. The zero-order valence-corrected chi connectivity index (χ0v) is 8.60. The average Bonchev–Trinajstić information content (AvgIpc) is 2.24. The second-order valence-corrected chi connectivity index (χ2v) is 1.86. The molecule has 0 bridgehead atoms. The van der Waals surface area contributed by atoms with Crippen LogP contribution in [0, 0.1) is 0 Å². The van der Waals surface area contributed by atoms with Crippen molar-refractivity contribution in [2.45, 2.75) is 20.0 Å². The first-order chi connectivity index (χ1) is 6.61. The predicted molar refractivity (Wildman–Crippen MR) is 52.9 cm³/mol. The van der Waals surface area contributed by atoms with Crippen molar-refractivity contribution in [2.75, 3.05) is 7.05 Å². The number of nitrogens with two attached hydrogens (primary N) is 1. The lowest BCUT2D eigenvalue weighted by atomic mass is 10.2. The maximum Gasteiger partial charge on any atom is 0.416 e. The number of alkyl halides is 3. The molecule has 0 spiro atoms. The van der Waals surface area contributed by atoms with Crippen LogP contribution in [-0.4, -0.2) is 7.05 Å². The Hall–Kier alpha value is -1.03. The monoisotopic (exact) mass is 207 g/mol. The molecule has 0 aliphatic carbocycles. The summed E-state index contributed by atoms with van der Waals surface area (Å²) in [6.07, 6.45) is -4.21. The largest absolute Gasteiger partial charge is 0.416 e. The van der Waals surface area contributed by atoms with Crippen molar-refractivity contribution in [1.82, 2.24) is 0 Å². The number of halogens is 3. The molecule has 0 saturated carbocycles. The van der Waals surface area contributed by atoms with E-state index in [0.29, 0.717) is 0 Å². The Balaban J connectivity index is 0. The SMILES string of the molecule is CC.CN.FC(F)(F)c1ccccc1. The molecule has 0 atom stereocenters. The zero-order chi connectivity index (χ0) is 11.6. The van der Waals surface area contributed by atoms with E-state index in [-0.39, 0.29) is 0 Å². The summed E-state index contributed by atoms with van der Waals surface area (Å²) in [7, 11) is 1.50. The molecule has 0 radical (unpaired) electrons. The van der Waals surface area contributed by atoms with Gasteiger partial charge in [0.2, 0.25) is 0 Å². The zero-order valence-electron chi connectivity index (χ0n) is 8.60. The van der Waals surface area contributed by atoms with Crippen molar-refractivity contribution >= 4 is 0 Å². The Kier molecular flexibility index (Phi) is 9.45. The van der Waals surface area contributed by atoms with Crippen LogP contribution in [-0.2, 0) is 6.18 Å². The third-order valence-electron chi connectivity index (χ3n) is 1.10. The summed E-state index contributed by atoms with van der Waals surface area (Å²) in [4.78, 5) is 0. The summed E-state index contributed by atoms with van der Waals surface area (Å²) >= 11 is 0. The summed E-state index contributed by atoms with van der Waals surface area (Å²) in [5.74, 6) is 0. The molecule has 2 N–H and O–H groups in total. The summed E-state index contributed by atoms with van der Waals surface area (Å²) in [6, 6.07) is 6.36. The van der Waals surface area contributed by atoms with Gasteiger partial charge >= 0.3 is 6.18 Å². The van der Waals surface area contributed by atoms with Gasteiger partial charge < -0.3 is 5.73 Å². The third-order valence-corrected chi connectivity index (χ3v) is 1.10. The first-order valence-electron chi connectivity index (χ1n) is 4.30. The molecule has 0 amide bonds. The van der Waals surface area contributed by atoms with Crippen LogP contribution in [0.15, 0.2) is 30.3 Å². The molecule has 0 aliphatic heterocycles. The van der Waals surface area contributed by atoms with Gasteiger partial charge in [-0.2, -0.15) is 13.2 Å². The molecule has 0 aromatic heterocycles. The van der Waals surface area contributed by atoms with Crippen molar-refractivity contribution in [3.63, 3.8) is 0 Å². The maximum absolute atomic E-state index is 11.8. The van der Waals surface area contributed by atoms with Gasteiger partial charge in [0.15, 0.2) is 0 Å². The van der Waals surface area contributed by atoms with Gasteiger partial charge in [0.1, 0.15) is 0 Å². The van der Waals surface area contributed by atoms with Gasteiger partial charge in [0.25, 0.3) is 0 Å². The van der Waals surface area contributed by atoms with E-state index in [0.717, 1.165) is 12.1 Å². The van der Waals surface area contributed by atoms with Gasteiger partial charge in [-0.3, -0.25) is 0 Å². The smallest absolute Gasteiger partial charge is 0.333 e. The molecule has 4 heteroatoms. The molecule has 1 aromatic carbocycles. The molecular weight excluding hydrogens is 191 g/mol. The molecule has 0 unspecified atom stereocenters. The van der Waals surface area contributed by atoms with Gasteiger partial charge in [-0.15, -0.1) is 0 Å². The van der Waals surface area contributed by atoms with Crippen LogP contribution in [0.5, 0.6) is 0 Å².